The lowest BCUT2D eigenvalue weighted by atomic mass is 10.00. The molecule has 0 aliphatic carbocycles. The van der Waals surface area contributed by atoms with Crippen molar-refractivity contribution in [1.82, 2.24) is 15.1 Å². The van der Waals surface area contributed by atoms with Crippen molar-refractivity contribution in [3.63, 3.8) is 0 Å². The van der Waals surface area contributed by atoms with Crippen molar-refractivity contribution in [2.75, 3.05) is 19.7 Å². The van der Waals surface area contributed by atoms with Gasteiger partial charge < -0.3 is 10.1 Å². The maximum Gasteiger partial charge on any atom is 0.270 e. The van der Waals surface area contributed by atoms with Crippen molar-refractivity contribution >= 4 is 0 Å². The van der Waals surface area contributed by atoms with Gasteiger partial charge in [-0.25, -0.2) is 0 Å². The molecule has 1 unspecified atom stereocenters. The molecule has 3 heterocycles. The standard InChI is InChI=1S/C12H19N3O2/c16-12-10-3-5-17-8-11(10)14-15(12)7-9-2-1-4-13-6-9/h9,13-14H,1-8H2. The summed E-state index contributed by atoms with van der Waals surface area (Å²) in [6.45, 7) is 4.16. The van der Waals surface area contributed by atoms with Crippen LogP contribution < -0.4 is 10.9 Å². The van der Waals surface area contributed by atoms with Crippen molar-refractivity contribution in [3.05, 3.63) is 21.6 Å². The summed E-state index contributed by atoms with van der Waals surface area (Å²) in [5.74, 6) is 0.572. The maximum atomic E-state index is 12.1. The number of H-pyrrole nitrogens is 1. The molecule has 1 aromatic heterocycles. The molecular weight excluding hydrogens is 218 g/mol. The molecule has 0 saturated carbocycles. The first-order valence-corrected chi connectivity index (χ1v) is 6.43. The molecule has 1 aromatic rings. The molecule has 0 amide bonds. The summed E-state index contributed by atoms with van der Waals surface area (Å²) < 4.78 is 7.13. The number of piperidine rings is 1. The Morgan fingerprint density at radius 1 is 1.47 bits per heavy atom. The molecule has 5 nitrogen and oxygen atoms in total. The third-order valence-electron chi connectivity index (χ3n) is 3.72. The molecule has 2 aliphatic rings. The number of fused-ring (bicyclic) bond motifs is 1. The van der Waals surface area contributed by atoms with Crippen LogP contribution in [0.25, 0.3) is 0 Å². The monoisotopic (exact) mass is 237 g/mol. The van der Waals surface area contributed by atoms with E-state index in [0.29, 0.717) is 19.1 Å². The van der Waals surface area contributed by atoms with Crippen molar-refractivity contribution in [1.29, 1.82) is 0 Å². The van der Waals surface area contributed by atoms with Crippen molar-refractivity contribution < 1.29 is 4.74 Å². The number of aromatic nitrogens is 2. The Morgan fingerprint density at radius 2 is 2.41 bits per heavy atom. The number of nitrogens with zero attached hydrogens (tertiary/aromatic N) is 1. The Labute approximate surface area is 100 Å². The number of ether oxygens (including phenoxy) is 1. The number of hydrogen-bond acceptors (Lipinski definition) is 3. The topological polar surface area (TPSA) is 59.0 Å². The van der Waals surface area contributed by atoms with Gasteiger partial charge in [0, 0.05) is 18.5 Å². The zero-order valence-electron chi connectivity index (χ0n) is 10.00. The summed E-state index contributed by atoms with van der Waals surface area (Å²) in [7, 11) is 0. The summed E-state index contributed by atoms with van der Waals surface area (Å²) in [6.07, 6.45) is 3.17. The van der Waals surface area contributed by atoms with Crippen LogP contribution in [0.3, 0.4) is 0 Å². The SMILES string of the molecule is O=c1c2c([nH]n1CC1CCCNC1)COCC2. The molecule has 1 saturated heterocycles. The van der Waals surface area contributed by atoms with Crippen LogP contribution in [-0.2, 0) is 24.3 Å². The number of aromatic amines is 1. The molecular formula is C12H19N3O2. The lowest BCUT2D eigenvalue weighted by Gasteiger charge is -2.22. The predicted molar refractivity (Wildman–Crippen MR) is 64.0 cm³/mol. The van der Waals surface area contributed by atoms with Crippen molar-refractivity contribution in [2.24, 2.45) is 5.92 Å². The van der Waals surface area contributed by atoms with Crippen LogP contribution in [0.5, 0.6) is 0 Å². The van der Waals surface area contributed by atoms with Gasteiger partial charge >= 0.3 is 0 Å². The highest BCUT2D eigenvalue weighted by Gasteiger charge is 2.20. The summed E-state index contributed by atoms with van der Waals surface area (Å²) in [6, 6.07) is 0. The number of hydrogen-bond donors (Lipinski definition) is 2. The molecule has 2 aliphatic heterocycles. The second-order valence-electron chi connectivity index (χ2n) is 5.00. The van der Waals surface area contributed by atoms with E-state index in [2.05, 4.69) is 10.4 Å². The van der Waals surface area contributed by atoms with Crippen LogP contribution in [0, 0.1) is 5.92 Å². The lowest BCUT2D eigenvalue weighted by Crippen LogP contribution is -2.34. The van der Waals surface area contributed by atoms with E-state index in [1.807, 2.05) is 0 Å². The zero-order valence-corrected chi connectivity index (χ0v) is 10.00. The van der Waals surface area contributed by atoms with Gasteiger partial charge in [0.1, 0.15) is 0 Å². The van der Waals surface area contributed by atoms with Gasteiger partial charge in [-0.1, -0.05) is 0 Å². The van der Waals surface area contributed by atoms with Crippen LogP contribution in [0.15, 0.2) is 4.79 Å². The molecule has 94 valence electrons. The van der Waals surface area contributed by atoms with E-state index in [-0.39, 0.29) is 5.56 Å². The molecule has 1 fully saturated rings. The van der Waals surface area contributed by atoms with E-state index in [4.69, 9.17) is 4.74 Å². The first-order chi connectivity index (χ1) is 8.34. The molecule has 3 rings (SSSR count). The highest BCUT2D eigenvalue weighted by molar-refractivity contribution is 5.18. The second-order valence-corrected chi connectivity index (χ2v) is 5.00. The van der Waals surface area contributed by atoms with Gasteiger partial charge in [0.2, 0.25) is 0 Å². The zero-order chi connectivity index (χ0) is 11.7. The summed E-state index contributed by atoms with van der Waals surface area (Å²) >= 11 is 0. The molecule has 0 radical (unpaired) electrons. The maximum absolute atomic E-state index is 12.1. The van der Waals surface area contributed by atoms with Gasteiger partial charge in [-0.05, 0) is 31.8 Å². The quantitative estimate of drug-likeness (QED) is 0.775. The molecule has 2 N–H and O–H groups in total. The van der Waals surface area contributed by atoms with E-state index < -0.39 is 0 Å². The highest BCUT2D eigenvalue weighted by Crippen LogP contribution is 2.14. The largest absolute Gasteiger partial charge is 0.375 e. The van der Waals surface area contributed by atoms with Gasteiger partial charge in [0.25, 0.3) is 5.56 Å². The molecule has 0 spiro atoms. The Bertz CT molecular complexity index is 443. The van der Waals surface area contributed by atoms with E-state index in [1.165, 1.54) is 12.8 Å². The van der Waals surface area contributed by atoms with Gasteiger partial charge in [-0.15, -0.1) is 0 Å². The third kappa shape index (κ3) is 2.17. The molecule has 5 heteroatoms. The van der Waals surface area contributed by atoms with Gasteiger partial charge in [-0.3, -0.25) is 14.6 Å². The van der Waals surface area contributed by atoms with Crippen LogP contribution in [-0.4, -0.2) is 29.5 Å². The Hall–Kier alpha value is -1.07. The fourth-order valence-electron chi connectivity index (χ4n) is 2.77. The van der Waals surface area contributed by atoms with Gasteiger partial charge in [0.05, 0.1) is 18.9 Å². The van der Waals surface area contributed by atoms with E-state index in [9.17, 15) is 4.79 Å². The molecule has 17 heavy (non-hydrogen) atoms. The summed E-state index contributed by atoms with van der Waals surface area (Å²) in [5.41, 5.74) is 2.07. The third-order valence-corrected chi connectivity index (χ3v) is 3.72. The Morgan fingerprint density at radius 3 is 3.18 bits per heavy atom. The number of nitrogens with one attached hydrogen (secondary N) is 2. The molecule has 0 aromatic carbocycles. The minimum atomic E-state index is 0.161. The molecule has 1 atom stereocenters. The average molecular weight is 237 g/mol. The average Bonchev–Trinajstić information content (AvgIpc) is 2.68. The fraction of sp³-hybridized carbons (Fsp3) is 0.750. The Kier molecular flexibility index (Phi) is 3.03. The number of rotatable bonds is 2. The minimum Gasteiger partial charge on any atom is -0.375 e. The molecule has 0 bridgehead atoms. The summed E-state index contributed by atoms with van der Waals surface area (Å²) in [5, 5.41) is 6.58. The predicted octanol–water partition coefficient (Wildman–Crippen LogP) is 0.249. The van der Waals surface area contributed by atoms with Gasteiger partial charge in [-0.2, -0.15) is 0 Å². The normalized spacial score (nSPS) is 24.6. The van der Waals surface area contributed by atoms with E-state index in [1.54, 1.807) is 4.68 Å². The first-order valence-electron chi connectivity index (χ1n) is 6.43. The fourth-order valence-corrected chi connectivity index (χ4v) is 2.77. The highest BCUT2D eigenvalue weighted by atomic mass is 16.5. The smallest absolute Gasteiger partial charge is 0.270 e. The first kappa shape index (κ1) is 11.0. The van der Waals surface area contributed by atoms with Crippen LogP contribution in [0.1, 0.15) is 24.1 Å². The second kappa shape index (κ2) is 4.66. The van der Waals surface area contributed by atoms with Crippen molar-refractivity contribution in [3.8, 4) is 0 Å². The van der Waals surface area contributed by atoms with Gasteiger partial charge in [0.15, 0.2) is 0 Å². The minimum absolute atomic E-state index is 0.161. The van der Waals surface area contributed by atoms with Crippen LogP contribution in [0.2, 0.25) is 0 Å². The van der Waals surface area contributed by atoms with E-state index >= 15 is 0 Å². The van der Waals surface area contributed by atoms with Crippen molar-refractivity contribution in [2.45, 2.75) is 32.4 Å². The Balaban J connectivity index is 1.78. The van der Waals surface area contributed by atoms with Crippen LogP contribution in [0.4, 0.5) is 0 Å². The van der Waals surface area contributed by atoms with E-state index in [0.717, 1.165) is 37.3 Å². The summed E-state index contributed by atoms with van der Waals surface area (Å²) in [4.78, 5) is 12.1. The lowest BCUT2D eigenvalue weighted by molar-refractivity contribution is 0.107. The van der Waals surface area contributed by atoms with Crippen LogP contribution >= 0.6 is 0 Å².